The quantitative estimate of drug-likeness (QED) is 0.583. The van der Waals surface area contributed by atoms with E-state index in [1.165, 1.54) is 25.7 Å². The van der Waals surface area contributed by atoms with Crippen molar-refractivity contribution in [3.8, 4) is 0 Å². The molecule has 154 valence electrons. The normalized spacial score (nSPS) is 30.4. The molecule has 3 fully saturated rings. The molecule has 3 rings (SSSR count). The van der Waals surface area contributed by atoms with E-state index < -0.39 is 0 Å². The molecule has 0 spiro atoms. The first kappa shape index (κ1) is 20.4. The number of hydrogen-bond acceptors (Lipinski definition) is 4. The van der Waals surface area contributed by atoms with Crippen LogP contribution in [0.4, 0.5) is 0 Å². The molecule has 0 aromatic carbocycles. The zero-order valence-corrected chi connectivity index (χ0v) is 17.3. The molecule has 1 saturated carbocycles. The summed E-state index contributed by atoms with van der Waals surface area (Å²) in [5, 5.41) is 3.73. The number of morpholine rings is 1. The lowest BCUT2D eigenvalue weighted by Gasteiger charge is -2.34. The third-order valence-corrected chi connectivity index (χ3v) is 6.31. The van der Waals surface area contributed by atoms with E-state index in [1.807, 2.05) is 0 Å². The van der Waals surface area contributed by atoms with E-state index in [0.717, 1.165) is 51.8 Å². The second kappa shape index (κ2) is 9.73. The Bertz CT molecular complexity index is 519. The van der Waals surface area contributed by atoms with Crippen LogP contribution in [-0.2, 0) is 9.53 Å². The van der Waals surface area contributed by atoms with Crippen LogP contribution in [0.2, 0.25) is 0 Å². The van der Waals surface area contributed by atoms with Gasteiger partial charge in [0.25, 0.3) is 0 Å². The molecule has 1 aliphatic carbocycles. The maximum absolute atomic E-state index is 12.1. The minimum Gasteiger partial charge on any atom is -0.379 e. The topological polar surface area (TPSA) is 60.4 Å². The van der Waals surface area contributed by atoms with Crippen molar-refractivity contribution in [1.82, 2.24) is 20.0 Å². The third-order valence-electron chi connectivity index (χ3n) is 6.31. The smallest absolute Gasteiger partial charge is 0.243 e. The molecule has 27 heavy (non-hydrogen) atoms. The predicted octanol–water partition coefficient (Wildman–Crippen LogP) is 1.01. The summed E-state index contributed by atoms with van der Waals surface area (Å²) in [7, 11) is 3.58. The molecule has 0 aromatic rings. The van der Waals surface area contributed by atoms with E-state index in [2.05, 4.69) is 22.0 Å². The minimum atomic E-state index is 0.0509. The van der Waals surface area contributed by atoms with Gasteiger partial charge in [-0.2, -0.15) is 0 Å². The first-order valence-electron chi connectivity index (χ1n) is 10.6. The summed E-state index contributed by atoms with van der Waals surface area (Å²) >= 11 is 0. The van der Waals surface area contributed by atoms with Crippen molar-refractivity contribution < 1.29 is 9.53 Å². The number of nitrogens with zero attached hydrogens (tertiary/aromatic N) is 4. The van der Waals surface area contributed by atoms with Gasteiger partial charge in [-0.05, 0) is 25.2 Å². The van der Waals surface area contributed by atoms with Crippen LogP contribution in [-0.4, -0.2) is 98.7 Å². The number of amides is 1. The first-order chi connectivity index (χ1) is 13.0. The molecule has 7 nitrogen and oxygen atoms in total. The SMILES string of the molecule is CC1CCCCC1NC(=NCC(=O)N(C)C)N1CCC(N2CCOCC2)C1. The maximum atomic E-state index is 12.1. The average Bonchev–Trinajstić information content (AvgIpc) is 3.17. The number of guanidine groups is 1. The van der Waals surface area contributed by atoms with Crippen molar-refractivity contribution in [3.05, 3.63) is 0 Å². The number of nitrogens with one attached hydrogen (secondary N) is 1. The Morgan fingerprint density at radius 1 is 1.15 bits per heavy atom. The molecule has 7 heteroatoms. The maximum Gasteiger partial charge on any atom is 0.243 e. The van der Waals surface area contributed by atoms with Crippen molar-refractivity contribution in [2.75, 3.05) is 60.0 Å². The van der Waals surface area contributed by atoms with Gasteiger partial charge >= 0.3 is 0 Å². The van der Waals surface area contributed by atoms with Crippen molar-refractivity contribution >= 4 is 11.9 Å². The molecule has 1 amide bonds. The summed E-state index contributed by atoms with van der Waals surface area (Å²) in [6.45, 7) is 8.27. The molecule has 0 aromatic heterocycles. The fourth-order valence-corrected chi connectivity index (χ4v) is 4.39. The number of likely N-dealkylation sites (N-methyl/N-ethyl adjacent to an activating group) is 1. The van der Waals surface area contributed by atoms with Crippen LogP contribution >= 0.6 is 0 Å². The molecule has 0 bridgehead atoms. The predicted molar refractivity (Wildman–Crippen MR) is 108 cm³/mol. The number of rotatable bonds is 4. The Balaban J connectivity index is 1.65. The summed E-state index contributed by atoms with van der Waals surface area (Å²) in [5.74, 6) is 1.64. The van der Waals surface area contributed by atoms with Crippen molar-refractivity contribution in [3.63, 3.8) is 0 Å². The summed E-state index contributed by atoms with van der Waals surface area (Å²) in [4.78, 5) is 23.3. The van der Waals surface area contributed by atoms with E-state index in [0.29, 0.717) is 18.0 Å². The standard InChI is InChI=1S/C20H37N5O2/c1-16-6-4-5-7-18(16)22-20(21-14-19(26)23(2)3)25-9-8-17(15-25)24-10-12-27-13-11-24/h16-18H,4-15H2,1-3H3,(H,21,22). The number of carbonyl (C=O) groups excluding carboxylic acids is 1. The Kier molecular flexibility index (Phi) is 7.35. The molecule has 3 atom stereocenters. The molecular weight excluding hydrogens is 342 g/mol. The number of ether oxygens (including phenoxy) is 1. The lowest BCUT2D eigenvalue weighted by atomic mass is 9.86. The van der Waals surface area contributed by atoms with Crippen LogP contribution < -0.4 is 5.32 Å². The summed E-state index contributed by atoms with van der Waals surface area (Å²) in [6.07, 6.45) is 6.24. The van der Waals surface area contributed by atoms with Crippen molar-refractivity contribution in [2.45, 2.75) is 51.1 Å². The summed E-state index contributed by atoms with van der Waals surface area (Å²) < 4.78 is 5.50. The van der Waals surface area contributed by atoms with Gasteiger partial charge in [0.1, 0.15) is 6.54 Å². The molecule has 2 saturated heterocycles. The largest absolute Gasteiger partial charge is 0.379 e. The molecule has 0 radical (unpaired) electrons. The molecule has 1 N–H and O–H groups in total. The highest BCUT2D eigenvalue weighted by atomic mass is 16.5. The van der Waals surface area contributed by atoms with Gasteiger partial charge in [0.15, 0.2) is 5.96 Å². The Hall–Kier alpha value is -1.34. The second-order valence-electron chi connectivity index (χ2n) is 8.48. The lowest BCUT2D eigenvalue weighted by molar-refractivity contribution is -0.127. The third kappa shape index (κ3) is 5.57. The number of carbonyl (C=O) groups is 1. The molecular formula is C20H37N5O2. The highest BCUT2D eigenvalue weighted by Gasteiger charge is 2.32. The van der Waals surface area contributed by atoms with E-state index in [-0.39, 0.29) is 12.5 Å². The number of hydrogen-bond donors (Lipinski definition) is 1. The summed E-state index contributed by atoms with van der Waals surface area (Å²) in [6, 6.07) is 1.03. The zero-order valence-electron chi connectivity index (χ0n) is 17.3. The fourth-order valence-electron chi connectivity index (χ4n) is 4.39. The number of aliphatic imine (C=N–C) groups is 1. The van der Waals surface area contributed by atoms with Crippen LogP contribution in [0.3, 0.4) is 0 Å². The van der Waals surface area contributed by atoms with E-state index >= 15 is 0 Å². The van der Waals surface area contributed by atoms with Crippen molar-refractivity contribution in [2.24, 2.45) is 10.9 Å². The average molecular weight is 380 g/mol. The van der Waals surface area contributed by atoms with Gasteiger partial charge in [-0.1, -0.05) is 19.8 Å². The van der Waals surface area contributed by atoms with E-state index in [4.69, 9.17) is 9.73 Å². The van der Waals surface area contributed by atoms with Gasteiger partial charge in [0.05, 0.1) is 13.2 Å². The van der Waals surface area contributed by atoms with Crippen LogP contribution in [0.15, 0.2) is 4.99 Å². The van der Waals surface area contributed by atoms with Gasteiger partial charge in [0, 0.05) is 52.4 Å². The van der Waals surface area contributed by atoms with Gasteiger partial charge < -0.3 is 19.9 Å². The first-order valence-corrected chi connectivity index (χ1v) is 10.6. The van der Waals surface area contributed by atoms with Gasteiger partial charge in [-0.25, -0.2) is 4.99 Å². The zero-order chi connectivity index (χ0) is 19.2. The van der Waals surface area contributed by atoms with Crippen LogP contribution in [0.25, 0.3) is 0 Å². The highest BCUT2D eigenvalue weighted by Crippen LogP contribution is 2.24. The Morgan fingerprint density at radius 3 is 2.59 bits per heavy atom. The number of likely N-dealkylation sites (tertiary alicyclic amines) is 1. The van der Waals surface area contributed by atoms with Crippen LogP contribution in [0.1, 0.15) is 39.0 Å². The van der Waals surface area contributed by atoms with E-state index in [9.17, 15) is 4.79 Å². The fraction of sp³-hybridized carbons (Fsp3) is 0.900. The highest BCUT2D eigenvalue weighted by molar-refractivity contribution is 5.85. The molecule has 2 heterocycles. The van der Waals surface area contributed by atoms with Crippen LogP contribution in [0, 0.1) is 5.92 Å². The summed E-state index contributed by atoms with van der Waals surface area (Å²) in [5.41, 5.74) is 0. The Morgan fingerprint density at radius 2 is 1.89 bits per heavy atom. The minimum absolute atomic E-state index is 0.0509. The van der Waals surface area contributed by atoms with E-state index in [1.54, 1.807) is 19.0 Å². The monoisotopic (exact) mass is 379 g/mol. The second-order valence-corrected chi connectivity index (χ2v) is 8.48. The molecule has 3 unspecified atom stereocenters. The van der Waals surface area contributed by atoms with Gasteiger partial charge in [-0.15, -0.1) is 0 Å². The molecule has 3 aliphatic rings. The van der Waals surface area contributed by atoms with Crippen LogP contribution in [0.5, 0.6) is 0 Å². The van der Waals surface area contributed by atoms with Gasteiger partial charge in [0.2, 0.25) is 5.91 Å². The Labute approximate surface area is 164 Å². The van der Waals surface area contributed by atoms with Gasteiger partial charge in [-0.3, -0.25) is 9.69 Å². The lowest BCUT2D eigenvalue weighted by Crippen LogP contribution is -2.50. The molecule has 2 aliphatic heterocycles. The van der Waals surface area contributed by atoms with Crippen molar-refractivity contribution in [1.29, 1.82) is 0 Å².